The summed E-state index contributed by atoms with van der Waals surface area (Å²) >= 11 is 0. The van der Waals surface area contributed by atoms with Gasteiger partial charge in [-0.05, 0) is 30.9 Å². The van der Waals surface area contributed by atoms with E-state index in [0.717, 1.165) is 25.0 Å². The third-order valence-corrected chi connectivity index (χ3v) is 5.69. The molecule has 1 unspecified atom stereocenters. The van der Waals surface area contributed by atoms with E-state index in [1.165, 1.54) is 6.07 Å². The molecule has 1 atom stereocenters. The highest BCUT2D eigenvalue weighted by atomic mass is 19.1. The van der Waals surface area contributed by atoms with Crippen LogP contribution in [0.1, 0.15) is 24.0 Å². The molecule has 1 aromatic carbocycles. The van der Waals surface area contributed by atoms with Crippen LogP contribution in [0.2, 0.25) is 0 Å². The topological polar surface area (TPSA) is 93.4 Å². The molecule has 4 rings (SSSR count). The minimum atomic E-state index is -0.730. The monoisotopic (exact) mass is 399 g/mol. The summed E-state index contributed by atoms with van der Waals surface area (Å²) in [5.74, 6) is -0.105. The molecule has 2 aliphatic rings. The van der Waals surface area contributed by atoms with Gasteiger partial charge in [0.15, 0.2) is 0 Å². The van der Waals surface area contributed by atoms with E-state index in [2.05, 4.69) is 20.2 Å². The predicted octanol–water partition coefficient (Wildman–Crippen LogP) is 1.74. The molecule has 2 fully saturated rings. The van der Waals surface area contributed by atoms with E-state index in [4.69, 9.17) is 10.5 Å². The van der Waals surface area contributed by atoms with Crippen LogP contribution < -0.4 is 11.1 Å². The van der Waals surface area contributed by atoms with E-state index in [0.29, 0.717) is 44.1 Å². The number of halogens is 1. The van der Waals surface area contributed by atoms with Gasteiger partial charge in [-0.1, -0.05) is 18.2 Å². The van der Waals surface area contributed by atoms with Crippen molar-refractivity contribution in [1.29, 1.82) is 0 Å². The first-order chi connectivity index (χ1) is 14.0. The summed E-state index contributed by atoms with van der Waals surface area (Å²) in [4.78, 5) is 22.9. The quantitative estimate of drug-likeness (QED) is 0.702. The Bertz CT molecular complexity index is 848. The number of carbonyl (C=O) groups excluding carboxylic acids is 1. The fraction of sp³-hybridized carbons (Fsp3) is 0.476. The molecular weight excluding hydrogens is 373 g/mol. The molecule has 3 heterocycles. The van der Waals surface area contributed by atoms with E-state index >= 15 is 0 Å². The van der Waals surface area contributed by atoms with Gasteiger partial charge < -0.3 is 15.8 Å². The Morgan fingerprint density at radius 1 is 1.31 bits per heavy atom. The van der Waals surface area contributed by atoms with Crippen molar-refractivity contribution in [3.05, 3.63) is 53.6 Å². The Balaban J connectivity index is 1.30. The van der Waals surface area contributed by atoms with Crippen molar-refractivity contribution in [3.8, 4) is 0 Å². The van der Waals surface area contributed by atoms with Crippen molar-refractivity contribution >= 4 is 11.9 Å². The Morgan fingerprint density at radius 3 is 2.72 bits per heavy atom. The molecule has 0 spiro atoms. The second kappa shape index (κ2) is 8.42. The Kier molecular flexibility index (Phi) is 5.73. The normalized spacial score (nSPS) is 20.9. The Hall–Kier alpha value is -2.58. The second-order valence-electron chi connectivity index (χ2n) is 7.99. The van der Waals surface area contributed by atoms with Crippen LogP contribution in [-0.2, 0) is 22.5 Å². The van der Waals surface area contributed by atoms with Gasteiger partial charge in [-0.15, -0.1) is 0 Å². The first-order valence-corrected chi connectivity index (χ1v) is 9.96. The lowest BCUT2D eigenvalue weighted by Gasteiger charge is -2.48. The molecule has 7 nitrogen and oxygen atoms in total. The number of hydrogen-bond acceptors (Lipinski definition) is 6. The Morgan fingerprint density at radius 2 is 2.07 bits per heavy atom. The zero-order valence-electron chi connectivity index (χ0n) is 16.3. The molecule has 0 aliphatic carbocycles. The second-order valence-corrected chi connectivity index (χ2v) is 7.99. The maximum absolute atomic E-state index is 14.0. The molecular formula is C21H26FN5O2. The van der Waals surface area contributed by atoms with Crippen molar-refractivity contribution in [2.24, 2.45) is 11.1 Å². The number of carbonyl (C=O) groups is 1. The largest absolute Gasteiger partial charge is 0.376 e. The molecule has 154 valence electrons. The van der Waals surface area contributed by atoms with Crippen LogP contribution in [0.15, 0.2) is 36.7 Å². The number of anilines is 1. The number of nitrogens with two attached hydrogens (primary N) is 1. The molecule has 8 heteroatoms. The van der Waals surface area contributed by atoms with E-state index in [1.54, 1.807) is 30.6 Å². The highest BCUT2D eigenvalue weighted by Crippen LogP contribution is 2.35. The van der Waals surface area contributed by atoms with Gasteiger partial charge in [0.05, 0.1) is 11.5 Å². The number of nitrogens with one attached hydrogen (secondary N) is 1. The molecule has 29 heavy (non-hydrogen) atoms. The zero-order valence-corrected chi connectivity index (χ0v) is 16.3. The van der Waals surface area contributed by atoms with Crippen LogP contribution in [0.5, 0.6) is 0 Å². The lowest BCUT2D eigenvalue weighted by Crippen LogP contribution is -2.63. The third-order valence-electron chi connectivity index (χ3n) is 5.69. The smallest absolute Gasteiger partial charge is 0.226 e. The summed E-state index contributed by atoms with van der Waals surface area (Å²) in [6, 6.07) is 6.53. The Labute approximate surface area is 169 Å². The molecule has 2 saturated heterocycles. The van der Waals surface area contributed by atoms with Gasteiger partial charge in [0.1, 0.15) is 5.82 Å². The molecule has 2 aliphatic heterocycles. The van der Waals surface area contributed by atoms with Crippen LogP contribution in [0, 0.1) is 11.2 Å². The number of primary amides is 1. The summed E-state index contributed by atoms with van der Waals surface area (Å²) in [6.07, 6.45) is 6.28. The molecule has 2 aromatic rings. The molecule has 0 saturated carbocycles. The fourth-order valence-corrected chi connectivity index (χ4v) is 4.08. The van der Waals surface area contributed by atoms with Crippen LogP contribution in [-0.4, -0.2) is 53.1 Å². The van der Waals surface area contributed by atoms with Crippen molar-refractivity contribution in [2.45, 2.75) is 31.9 Å². The van der Waals surface area contributed by atoms with E-state index in [-0.39, 0.29) is 17.8 Å². The minimum absolute atomic E-state index is 0.232. The summed E-state index contributed by atoms with van der Waals surface area (Å²) in [5, 5.41) is 3.20. The fourth-order valence-electron chi connectivity index (χ4n) is 4.08. The average molecular weight is 399 g/mol. The van der Waals surface area contributed by atoms with Gasteiger partial charge in [-0.3, -0.25) is 9.69 Å². The maximum atomic E-state index is 14.0. The van der Waals surface area contributed by atoms with E-state index < -0.39 is 5.41 Å². The van der Waals surface area contributed by atoms with E-state index in [9.17, 15) is 9.18 Å². The van der Waals surface area contributed by atoms with Crippen molar-refractivity contribution < 1.29 is 13.9 Å². The number of benzene rings is 1. The summed E-state index contributed by atoms with van der Waals surface area (Å²) < 4.78 is 19.6. The number of aromatic nitrogens is 2. The number of rotatable bonds is 8. The minimum Gasteiger partial charge on any atom is -0.376 e. The van der Waals surface area contributed by atoms with Crippen molar-refractivity contribution in [2.75, 3.05) is 31.6 Å². The van der Waals surface area contributed by atoms with Crippen LogP contribution in [0.4, 0.5) is 10.3 Å². The van der Waals surface area contributed by atoms with Crippen LogP contribution in [0.3, 0.4) is 0 Å². The van der Waals surface area contributed by atoms with Crippen LogP contribution >= 0.6 is 0 Å². The van der Waals surface area contributed by atoms with Gasteiger partial charge in [0, 0.05) is 50.7 Å². The highest BCUT2D eigenvalue weighted by molar-refractivity contribution is 5.83. The number of ether oxygens (including phenoxy) is 1. The van der Waals surface area contributed by atoms with E-state index in [1.807, 2.05) is 0 Å². The molecule has 1 aromatic heterocycles. The predicted molar refractivity (Wildman–Crippen MR) is 107 cm³/mol. The highest BCUT2D eigenvalue weighted by Gasteiger charge is 2.48. The molecule has 0 radical (unpaired) electrons. The van der Waals surface area contributed by atoms with Crippen molar-refractivity contribution in [3.63, 3.8) is 0 Å². The first-order valence-electron chi connectivity index (χ1n) is 9.96. The summed E-state index contributed by atoms with van der Waals surface area (Å²) in [5.41, 5.74) is 6.41. The number of hydrogen-bond donors (Lipinski definition) is 2. The molecule has 3 N–H and O–H groups in total. The van der Waals surface area contributed by atoms with Gasteiger partial charge in [0.2, 0.25) is 11.9 Å². The number of amides is 1. The lowest BCUT2D eigenvalue weighted by molar-refractivity contribution is -0.138. The van der Waals surface area contributed by atoms with Gasteiger partial charge in [0.25, 0.3) is 0 Å². The van der Waals surface area contributed by atoms with Gasteiger partial charge >= 0.3 is 0 Å². The third kappa shape index (κ3) is 4.54. The SMILES string of the molecule is NC(=O)C1(Cc2ccccc2F)CN(Cc2cnc(NCC3CCCO3)nc2)C1. The number of nitrogens with zero attached hydrogens (tertiary/aromatic N) is 3. The molecule has 1 amide bonds. The number of likely N-dealkylation sites (tertiary alicyclic amines) is 1. The van der Waals surface area contributed by atoms with Gasteiger partial charge in [-0.25, -0.2) is 14.4 Å². The average Bonchev–Trinajstić information content (AvgIpc) is 3.20. The molecule has 0 bridgehead atoms. The summed E-state index contributed by atoms with van der Waals surface area (Å²) in [6.45, 7) is 3.15. The first kappa shape index (κ1) is 19.7. The van der Waals surface area contributed by atoms with Gasteiger partial charge in [-0.2, -0.15) is 0 Å². The maximum Gasteiger partial charge on any atom is 0.226 e. The summed E-state index contributed by atoms with van der Waals surface area (Å²) in [7, 11) is 0. The lowest BCUT2D eigenvalue weighted by atomic mass is 9.74. The standard InChI is InChI=1S/C21H26FN5O2/c22-18-6-2-1-4-16(18)8-21(19(23)28)13-27(14-21)12-15-9-24-20(25-10-15)26-11-17-5-3-7-29-17/h1-2,4,6,9-10,17H,3,5,7-8,11-14H2,(H2,23,28)(H,24,25,26). The van der Waals surface area contributed by atoms with Crippen LogP contribution in [0.25, 0.3) is 0 Å². The van der Waals surface area contributed by atoms with Crippen molar-refractivity contribution in [1.82, 2.24) is 14.9 Å². The zero-order chi connectivity index (χ0) is 20.3.